The summed E-state index contributed by atoms with van der Waals surface area (Å²) in [6.07, 6.45) is 0.207. The first kappa shape index (κ1) is 15.2. The molecule has 0 spiro atoms. The van der Waals surface area contributed by atoms with Gasteiger partial charge in [0.25, 0.3) is 5.69 Å². The summed E-state index contributed by atoms with van der Waals surface area (Å²) in [5, 5.41) is 23.4. The minimum Gasteiger partial charge on any atom is -0.391 e. The van der Waals surface area contributed by atoms with Crippen LogP contribution in [0.1, 0.15) is 18.9 Å². The van der Waals surface area contributed by atoms with Crippen LogP contribution < -0.4 is 5.32 Å². The van der Waals surface area contributed by atoms with E-state index in [0.717, 1.165) is 6.42 Å². The van der Waals surface area contributed by atoms with Crippen LogP contribution in [-0.2, 0) is 0 Å². The first-order valence-electron chi connectivity index (χ1n) is 6.88. The van der Waals surface area contributed by atoms with Crippen molar-refractivity contribution in [3.8, 4) is 0 Å². The Bertz CT molecular complexity index is 561. The molecular weight excluding hydrogens is 274 g/mol. The molecule has 1 aromatic rings. The van der Waals surface area contributed by atoms with E-state index in [1.54, 1.807) is 13.0 Å². The number of rotatable bonds is 2. The van der Waals surface area contributed by atoms with Gasteiger partial charge in [-0.2, -0.15) is 0 Å². The van der Waals surface area contributed by atoms with Gasteiger partial charge in [0.1, 0.15) is 0 Å². The Morgan fingerprint density at radius 2 is 2.24 bits per heavy atom. The molecule has 1 aliphatic heterocycles. The highest BCUT2D eigenvalue weighted by Crippen LogP contribution is 2.26. The van der Waals surface area contributed by atoms with E-state index in [2.05, 4.69) is 5.32 Å². The number of nitrogens with one attached hydrogen (secondary N) is 1. The van der Waals surface area contributed by atoms with E-state index < -0.39 is 11.0 Å². The average Bonchev–Trinajstić information content (AvgIpc) is 2.43. The summed E-state index contributed by atoms with van der Waals surface area (Å²) in [5.41, 5.74) is 0.809. The quantitative estimate of drug-likeness (QED) is 0.645. The van der Waals surface area contributed by atoms with Crippen LogP contribution in [0.15, 0.2) is 18.2 Å². The molecule has 0 aliphatic carbocycles. The van der Waals surface area contributed by atoms with Crippen molar-refractivity contribution in [3.05, 3.63) is 33.9 Å². The van der Waals surface area contributed by atoms with E-state index in [-0.39, 0.29) is 24.2 Å². The van der Waals surface area contributed by atoms with Gasteiger partial charge in [0.15, 0.2) is 0 Å². The molecule has 0 saturated carbocycles. The number of carbonyl (C=O) groups is 1. The van der Waals surface area contributed by atoms with Crippen LogP contribution in [0.2, 0.25) is 0 Å². The van der Waals surface area contributed by atoms with Crippen molar-refractivity contribution in [2.45, 2.75) is 26.4 Å². The highest BCUT2D eigenvalue weighted by molar-refractivity contribution is 5.90. The molecule has 114 valence electrons. The standard InChI is InChI=1S/C14H19N3O4/c1-9-6-7-16(8-13(9)18)14(19)15-11-4-3-5-12(10(11)2)17(20)21/h3-5,9,13,18H,6-8H2,1-2H3,(H,15,19). The van der Waals surface area contributed by atoms with Gasteiger partial charge in [-0.05, 0) is 25.3 Å². The number of likely N-dealkylation sites (tertiary alicyclic amines) is 1. The van der Waals surface area contributed by atoms with Crippen LogP contribution in [-0.4, -0.2) is 40.2 Å². The number of amides is 2. The minimum absolute atomic E-state index is 0.0277. The Labute approximate surface area is 122 Å². The smallest absolute Gasteiger partial charge is 0.321 e. The van der Waals surface area contributed by atoms with E-state index in [1.165, 1.54) is 17.0 Å². The number of hydrogen-bond donors (Lipinski definition) is 2. The van der Waals surface area contributed by atoms with Gasteiger partial charge in [-0.15, -0.1) is 0 Å². The highest BCUT2D eigenvalue weighted by Gasteiger charge is 2.27. The van der Waals surface area contributed by atoms with Gasteiger partial charge < -0.3 is 15.3 Å². The monoisotopic (exact) mass is 293 g/mol. The number of benzene rings is 1. The summed E-state index contributed by atoms with van der Waals surface area (Å²) in [6, 6.07) is 4.22. The number of nitrogens with zero attached hydrogens (tertiary/aromatic N) is 2. The lowest BCUT2D eigenvalue weighted by Crippen LogP contribution is -2.47. The largest absolute Gasteiger partial charge is 0.391 e. The summed E-state index contributed by atoms with van der Waals surface area (Å²) >= 11 is 0. The SMILES string of the molecule is Cc1c(NC(=O)N2CCC(C)C(O)C2)cccc1[N+](=O)[O-]. The van der Waals surface area contributed by atoms with E-state index in [9.17, 15) is 20.0 Å². The minimum atomic E-state index is -0.532. The fourth-order valence-electron chi connectivity index (χ4n) is 2.38. The van der Waals surface area contributed by atoms with Crippen molar-refractivity contribution in [2.75, 3.05) is 18.4 Å². The third-order valence-corrected chi connectivity index (χ3v) is 3.95. The molecule has 2 N–H and O–H groups in total. The molecule has 0 aromatic heterocycles. The molecule has 21 heavy (non-hydrogen) atoms. The maximum atomic E-state index is 12.2. The normalized spacial score (nSPS) is 22.0. The number of nitro groups is 1. The Morgan fingerprint density at radius 1 is 1.52 bits per heavy atom. The van der Waals surface area contributed by atoms with Crippen molar-refractivity contribution in [3.63, 3.8) is 0 Å². The van der Waals surface area contributed by atoms with E-state index in [0.29, 0.717) is 17.8 Å². The predicted octanol–water partition coefficient (Wildman–Crippen LogP) is 2.14. The molecule has 1 fully saturated rings. The van der Waals surface area contributed by atoms with Crippen molar-refractivity contribution in [1.29, 1.82) is 0 Å². The van der Waals surface area contributed by atoms with Crippen LogP contribution in [0.3, 0.4) is 0 Å². The van der Waals surface area contributed by atoms with E-state index in [4.69, 9.17) is 0 Å². The summed E-state index contributed by atoms with van der Waals surface area (Å²) in [7, 11) is 0. The average molecular weight is 293 g/mol. The lowest BCUT2D eigenvalue weighted by atomic mass is 9.96. The van der Waals surface area contributed by atoms with Gasteiger partial charge in [0, 0.05) is 19.2 Å². The zero-order valence-electron chi connectivity index (χ0n) is 12.1. The Hall–Kier alpha value is -2.15. The zero-order valence-corrected chi connectivity index (χ0v) is 12.1. The van der Waals surface area contributed by atoms with Crippen LogP contribution in [0, 0.1) is 23.0 Å². The number of urea groups is 1. The highest BCUT2D eigenvalue weighted by atomic mass is 16.6. The topological polar surface area (TPSA) is 95.7 Å². The molecule has 1 heterocycles. The number of hydrogen-bond acceptors (Lipinski definition) is 4. The molecular formula is C14H19N3O4. The van der Waals surface area contributed by atoms with Gasteiger partial charge >= 0.3 is 6.03 Å². The second kappa shape index (κ2) is 6.09. The van der Waals surface area contributed by atoms with E-state index >= 15 is 0 Å². The van der Waals surface area contributed by atoms with E-state index in [1.807, 2.05) is 6.92 Å². The number of anilines is 1. The Balaban J connectivity index is 2.10. The van der Waals surface area contributed by atoms with Crippen molar-refractivity contribution >= 4 is 17.4 Å². The number of aliphatic hydroxyl groups is 1. The molecule has 2 unspecified atom stereocenters. The molecule has 0 bridgehead atoms. The van der Waals surface area contributed by atoms with Gasteiger partial charge in [0.2, 0.25) is 0 Å². The predicted molar refractivity (Wildman–Crippen MR) is 78.2 cm³/mol. The van der Waals surface area contributed by atoms with Crippen LogP contribution in [0.5, 0.6) is 0 Å². The van der Waals surface area contributed by atoms with Crippen LogP contribution in [0.25, 0.3) is 0 Å². The molecule has 2 rings (SSSR count). The van der Waals surface area contributed by atoms with Crippen molar-refractivity contribution < 1.29 is 14.8 Å². The summed E-state index contributed by atoms with van der Waals surface area (Å²) < 4.78 is 0. The van der Waals surface area contributed by atoms with Gasteiger partial charge in [-0.25, -0.2) is 4.79 Å². The molecule has 1 saturated heterocycles. The maximum Gasteiger partial charge on any atom is 0.321 e. The van der Waals surface area contributed by atoms with Crippen LogP contribution in [0.4, 0.5) is 16.2 Å². The number of aliphatic hydroxyl groups excluding tert-OH is 1. The Morgan fingerprint density at radius 3 is 2.86 bits per heavy atom. The Kier molecular flexibility index (Phi) is 4.42. The van der Waals surface area contributed by atoms with Crippen molar-refractivity contribution in [1.82, 2.24) is 4.90 Å². The van der Waals surface area contributed by atoms with Gasteiger partial charge in [-0.1, -0.05) is 13.0 Å². The second-order valence-electron chi connectivity index (χ2n) is 5.42. The molecule has 2 amide bonds. The first-order chi connectivity index (χ1) is 9.90. The third kappa shape index (κ3) is 3.30. The lowest BCUT2D eigenvalue weighted by Gasteiger charge is -2.34. The number of piperidine rings is 1. The first-order valence-corrected chi connectivity index (χ1v) is 6.88. The number of carbonyl (C=O) groups excluding carboxylic acids is 1. The summed E-state index contributed by atoms with van der Waals surface area (Å²) in [5.74, 6) is 0.175. The molecule has 1 aliphatic rings. The lowest BCUT2D eigenvalue weighted by molar-refractivity contribution is -0.385. The third-order valence-electron chi connectivity index (χ3n) is 3.95. The molecule has 7 heteroatoms. The number of β-amino-alcohol motifs (C(OH)–C–C–N with tert-alkyl or cyclic N) is 1. The summed E-state index contributed by atoms with van der Waals surface area (Å²) in [6.45, 7) is 4.39. The second-order valence-corrected chi connectivity index (χ2v) is 5.42. The summed E-state index contributed by atoms with van der Waals surface area (Å²) in [4.78, 5) is 24.1. The van der Waals surface area contributed by atoms with Crippen LogP contribution >= 0.6 is 0 Å². The number of nitro benzene ring substituents is 1. The molecule has 7 nitrogen and oxygen atoms in total. The van der Waals surface area contributed by atoms with Gasteiger partial charge in [0.05, 0.1) is 22.3 Å². The van der Waals surface area contributed by atoms with Crippen molar-refractivity contribution in [2.24, 2.45) is 5.92 Å². The molecule has 2 atom stereocenters. The van der Waals surface area contributed by atoms with Gasteiger partial charge in [-0.3, -0.25) is 10.1 Å². The fourth-order valence-corrected chi connectivity index (χ4v) is 2.38. The molecule has 0 radical (unpaired) electrons. The fraction of sp³-hybridized carbons (Fsp3) is 0.500. The maximum absolute atomic E-state index is 12.2. The molecule has 1 aromatic carbocycles. The zero-order chi connectivity index (χ0) is 15.6.